The first-order valence-electron chi connectivity index (χ1n) is 26.5. The zero-order chi connectivity index (χ0) is 53.7. The maximum absolute atomic E-state index is 12.7. The standard InChI is InChI=1S/2C32H16N8.Ga.Mo.2H2O/c2*1-2-10-18-17(9-1)25-33-26(18)38-28-21-13-5-6-14-22(21)30(35-28)40-32-24-16-8-7-15-23(24)31(36-32)39-29-20-12-4-3-11-19(20)27(34-29)37-25;;;;/h2*1-16H;;;2*1H2/q2*-2;+3;+2;;/p-2. The minimum absolute atomic E-state index is 0. The van der Waals surface area contributed by atoms with Gasteiger partial charge >= 0.3 is 265 Å². The Hall–Kier alpha value is -10.3. The van der Waals surface area contributed by atoms with Crippen molar-refractivity contribution in [2.24, 2.45) is 30.0 Å². The predicted octanol–water partition coefficient (Wildman–Crippen LogP) is 9.86. The molecule has 2 N–H and O–H groups in total. The second-order valence-electron chi connectivity index (χ2n) is 20.2. The molecule has 13 aromatic rings. The Kier molecular flexibility index (Phi) is 11.1. The maximum atomic E-state index is 12.7. The van der Waals surface area contributed by atoms with E-state index in [9.17, 15) is 3.90 Å². The first kappa shape index (κ1) is 49.5. The summed E-state index contributed by atoms with van der Waals surface area (Å²) in [7, 11) is 0. The van der Waals surface area contributed by atoms with Crippen LogP contribution >= 0.6 is 0 Å². The fourth-order valence-corrected chi connectivity index (χ4v) is 15.8. The van der Waals surface area contributed by atoms with Gasteiger partial charge in [-0.3, -0.25) is 0 Å². The number of hydrogen-bond donors (Lipinski definition) is 1. The van der Waals surface area contributed by atoms with E-state index in [0.29, 0.717) is 91.8 Å². The molecule has 0 amide bonds. The summed E-state index contributed by atoms with van der Waals surface area (Å²) in [4.78, 5) is 69.8. The third kappa shape index (κ3) is 7.30. The fraction of sp³-hybridized carbons (Fsp3) is 0. The van der Waals surface area contributed by atoms with Crippen LogP contribution in [0, 0.1) is 0 Å². The maximum Gasteiger partial charge on any atom is 0.0927 e. The minimum Gasteiger partial charge on any atom is -0.357 e. The molecule has 0 spiro atoms. The van der Waals surface area contributed by atoms with E-state index in [2.05, 4.69) is 0 Å². The molecule has 0 fully saturated rings. The first-order valence-corrected chi connectivity index (χ1v) is 29.8. The summed E-state index contributed by atoms with van der Waals surface area (Å²) in [5.74, 6) is 5.72. The Bertz CT molecular complexity index is 5060. The number of aromatic nitrogens is 10. The number of benzene rings is 8. The summed E-state index contributed by atoms with van der Waals surface area (Å²) in [6.07, 6.45) is 0. The van der Waals surface area contributed by atoms with Gasteiger partial charge in [0.15, 0.2) is 0 Å². The van der Waals surface area contributed by atoms with Gasteiger partial charge < -0.3 is 35.4 Å². The molecule has 0 saturated heterocycles. The zero-order valence-electron chi connectivity index (χ0n) is 43.5. The van der Waals surface area contributed by atoms with Crippen LogP contribution in [0.4, 0.5) is 11.6 Å². The molecule has 5 aromatic heterocycles. The van der Waals surface area contributed by atoms with Crippen molar-refractivity contribution in [3.8, 4) is 45.6 Å². The van der Waals surface area contributed by atoms with Crippen LogP contribution < -0.4 is 20.9 Å². The molecule has 8 aromatic carbocycles. The number of rotatable bonds is 0. The Morgan fingerprint density at radius 2 is 0.548 bits per heavy atom. The fourth-order valence-electron chi connectivity index (χ4n) is 11.9. The number of hydrogen-bond acceptors (Lipinski definition) is 14. The van der Waals surface area contributed by atoms with E-state index in [1.54, 1.807) is 0 Å². The SMILES string of the molecule is [Mo+2].[OH-].[OH][Ga]1[n]2c3c4ccccc4c2N=C2N=C(N=c4c5ccccc5c([n]41)=NC1=NC(=N3)c3ccccc31)c1ccccc12.c1ccc2c(c1)-c1nc-2nc2[n-]c(nc3nc(nc4[n-]c(n1)c1ccccc41)-c1ccccc1-3)c1ccccc21. The van der Waals surface area contributed by atoms with Crippen LogP contribution in [0.2, 0.25) is 0 Å². The minimum atomic E-state index is -3.85. The van der Waals surface area contributed by atoms with Crippen LogP contribution in [0.5, 0.6) is 0 Å². The van der Waals surface area contributed by atoms with Gasteiger partial charge in [0.25, 0.3) is 0 Å². The van der Waals surface area contributed by atoms with Gasteiger partial charge in [-0.05, 0) is 21.5 Å². The van der Waals surface area contributed by atoms with Gasteiger partial charge in [-0.2, -0.15) is 0 Å². The first-order chi connectivity index (χ1) is 40.5. The molecule has 14 bridgehead atoms. The number of nitrogens with zero attached hydrogens (tertiary/aromatic N) is 16. The molecule has 0 atom stereocenters. The molecular weight excluding hydrogens is 1190 g/mol. The second kappa shape index (κ2) is 18.9. The van der Waals surface area contributed by atoms with E-state index < -0.39 is 17.1 Å². The molecule has 0 aliphatic carbocycles. The third-order valence-corrected chi connectivity index (χ3v) is 19.6. The Morgan fingerprint density at radius 3 is 0.869 bits per heavy atom. The number of aliphatic imine (C=N–C) groups is 4. The molecular formula is C64H34GaMoN16O2-. The van der Waals surface area contributed by atoms with Gasteiger partial charge in [-0.15, -0.1) is 0 Å². The van der Waals surface area contributed by atoms with Crippen LogP contribution in [-0.2, 0) is 21.1 Å². The largest absolute Gasteiger partial charge is 0.357 e. The van der Waals surface area contributed by atoms with Gasteiger partial charge in [-0.25, -0.2) is 9.97 Å². The number of amidine groups is 4. The van der Waals surface area contributed by atoms with Gasteiger partial charge in [0.1, 0.15) is 0 Å². The summed E-state index contributed by atoms with van der Waals surface area (Å²) < 4.78 is 16.6. The van der Waals surface area contributed by atoms with Crippen LogP contribution in [-0.4, -0.2) is 86.2 Å². The van der Waals surface area contributed by atoms with Crippen molar-refractivity contribution < 1.29 is 30.4 Å². The van der Waals surface area contributed by atoms with Crippen molar-refractivity contribution in [2.75, 3.05) is 0 Å². The Balaban J connectivity index is 0.000000134. The molecule has 392 valence electrons. The van der Waals surface area contributed by atoms with Crippen molar-refractivity contribution in [1.29, 1.82) is 0 Å². The summed E-state index contributed by atoms with van der Waals surface area (Å²) in [5.41, 5.74) is 10.6. The van der Waals surface area contributed by atoms with Crippen LogP contribution in [0.3, 0.4) is 0 Å². The van der Waals surface area contributed by atoms with E-state index in [0.717, 1.165) is 87.6 Å². The van der Waals surface area contributed by atoms with E-state index >= 15 is 0 Å². The van der Waals surface area contributed by atoms with Crippen molar-refractivity contribution in [1.82, 2.24) is 46.4 Å². The topological polar surface area (TPSA) is 240 Å². The molecule has 18 nitrogen and oxygen atoms in total. The van der Waals surface area contributed by atoms with Gasteiger partial charge in [0, 0.05) is 44.8 Å². The van der Waals surface area contributed by atoms with Crippen molar-refractivity contribution in [2.45, 2.75) is 0 Å². The molecule has 6 aliphatic rings. The predicted molar refractivity (Wildman–Crippen MR) is 319 cm³/mol. The third-order valence-electron chi connectivity index (χ3n) is 15.6. The van der Waals surface area contributed by atoms with Crippen molar-refractivity contribution >= 4 is 118 Å². The van der Waals surface area contributed by atoms with Gasteiger partial charge in [0.2, 0.25) is 0 Å². The molecule has 0 saturated carbocycles. The van der Waals surface area contributed by atoms with E-state index in [-0.39, 0.29) is 26.5 Å². The molecule has 11 heterocycles. The van der Waals surface area contributed by atoms with Gasteiger partial charge in [-0.1, -0.05) is 97.1 Å². The number of fused-ring (bicyclic) bond motifs is 34. The average molecular weight is 1220 g/mol. The quantitative estimate of drug-likeness (QED) is 0.141. The summed E-state index contributed by atoms with van der Waals surface area (Å²) in [6.45, 7) is 0. The van der Waals surface area contributed by atoms with E-state index in [1.807, 2.05) is 201 Å². The summed E-state index contributed by atoms with van der Waals surface area (Å²) >= 11 is -3.85. The smallest absolute Gasteiger partial charge is 0.0927 e. The monoisotopic (exact) mass is 1230 g/mol. The van der Waals surface area contributed by atoms with E-state index in [1.165, 1.54) is 0 Å². The summed E-state index contributed by atoms with van der Waals surface area (Å²) in [5, 5.41) is 7.13. The summed E-state index contributed by atoms with van der Waals surface area (Å²) in [6, 6.07) is 63.9. The molecule has 0 radical (unpaired) electrons. The van der Waals surface area contributed by atoms with Gasteiger partial charge in [0.05, 0.1) is 23.3 Å². The Morgan fingerprint density at radius 1 is 0.286 bits per heavy atom. The normalized spacial score (nSPS) is 13.6. The second-order valence-corrected chi connectivity index (χ2v) is 23.8. The molecule has 19 rings (SSSR count). The molecule has 20 heteroatoms. The Labute approximate surface area is 494 Å². The molecule has 84 heavy (non-hydrogen) atoms. The van der Waals surface area contributed by atoms with E-state index in [4.69, 9.17) is 69.8 Å². The molecule has 0 unspecified atom stereocenters. The van der Waals surface area contributed by atoms with Crippen molar-refractivity contribution in [3.63, 3.8) is 0 Å². The average Bonchev–Trinajstić information content (AvgIpc) is 1.94. The zero-order valence-corrected chi connectivity index (χ0v) is 47.9. The van der Waals surface area contributed by atoms with Crippen LogP contribution in [0.1, 0.15) is 22.3 Å². The molecule has 6 aliphatic heterocycles. The van der Waals surface area contributed by atoms with Crippen LogP contribution in [0.15, 0.2) is 224 Å². The van der Waals surface area contributed by atoms with Crippen molar-refractivity contribution in [3.05, 3.63) is 227 Å². The van der Waals surface area contributed by atoms with Crippen LogP contribution in [0.25, 0.3) is 111 Å².